The quantitative estimate of drug-likeness (QED) is 0.181. The van der Waals surface area contributed by atoms with Crippen molar-refractivity contribution >= 4 is 30.7 Å². The third-order valence-electron chi connectivity index (χ3n) is 6.03. The number of ether oxygens (including phenoxy) is 2. The standard InChI is InChI=1S/C25H35N6O8P/c1-14(2)10-17(25(34)37-15(3)4)30-40(35,39-16-8-6-5-7-9-16)36-11-18-20(32)21(33)24(38-18)31-13-29-19-22(26)27-12-28-23(19)31/h5-9,12-15,17-18,20-21,24,32-33H,10-11H2,1-4H3,(H,30,35)(H2,26,27,28)/t17-,18+,20+,21-,24+,40-/m0/s1. The smallest absolute Gasteiger partial charge is 0.459 e. The maximum atomic E-state index is 14.0. The Morgan fingerprint density at radius 3 is 2.55 bits per heavy atom. The number of hydrogen-bond acceptors (Lipinski definition) is 12. The van der Waals surface area contributed by atoms with Gasteiger partial charge in [-0.25, -0.2) is 19.5 Å². The van der Waals surface area contributed by atoms with E-state index < -0.39 is 50.9 Å². The maximum absolute atomic E-state index is 14.0. The number of imidazole rings is 1. The van der Waals surface area contributed by atoms with Gasteiger partial charge in [-0.05, 0) is 38.3 Å². The molecule has 3 heterocycles. The van der Waals surface area contributed by atoms with Crippen molar-refractivity contribution in [2.75, 3.05) is 12.3 Å². The molecular formula is C25H35N6O8P. The van der Waals surface area contributed by atoms with E-state index in [0.717, 1.165) is 0 Å². The van der Waals surface area contributed by atoms with Crippen molar-refractivity contribution in [1.29, 1.82) is 0 Å². The number of carbonyl (C=O) groups excluding carboxylic acids is 1. The molecule has 218 valence electrons. The number of rotatable bonds is 12. The number of esters is 1. The second-order valence-electron chi connectivity index (χ2n) is 10.1. The van der Waals surface area contributed by atoms with E-state index in [1.54, 1.807) is 44.2 Å². The van der Waals surface area contributed by atoms with Gasteiger partial charge in [-0.2, -0.15) is 5.09 Å². The average Bonchev–Trinajstić information content (AvgIpc) is 3.44. The number of anilines is 1. The van der Waals surface area contributed by atoms with E-state index in [2.05, 4.69) is 20.0 Å². The zero-order valence-corrected chi connectivity index (χ0v) is 23.5. The van der Waals surface area contributed by atoms with Crippen LogP contribution in [-0.4, -0.2) is 72.8 Å². The molecule has 40 heavy (non-hydrogen) atoms. The minimum atomic E-state index is -4.25. The first kappa shape index (κ1) is 29.8. The van der Waals surface area contributed by atoms with Gasteiger partial charge >= 0.3 is 13.7 Å². The van der Waals surface area contributed by atoms with Crippen LogP contribution in [0.1, 0.15) is 40.3 Å². The summed E-state index contributed by atoms with van der Waals surface area (Å²) in [5, 5.41) is 24.2. The lowest BCUT2D eigenvalue weighted by Gasteiger charge is -2.27. The lowest BCUT2D eigenvalue weighted by atomic mass is 10.0. The Morgan fingerprint density at radius 2 is 1.88 bits per heavy atom. The number of nitrogens with two attached hydrogens (primary N) is 1. The van der Waals surface area contributed by atoms with E-state index in [-0.39, 0.29) is 23.6 Å². The fourth-order valence-electron chi connectivity index (χ4n) is 4.21. The summed E-state index contributed by atoms with van der Waals surface area (Å²) in [5.41, 5.74) is 6.45. The van der Waals surface area contributed by atoms with Gasteiger partial charge < -0.3 is 29.9 Å². The second kappa shape index (κ2) is 12.6. The van der Waals surface area contributed by atoms with Gasteiger partial charge in [0.1, 0.15) is 41.9 Å². The van der Waals surface area contributed by atoms with Gasteiger partial charge in [0.05, 0.1) is 19.0 Å². The Bertz CT molecular complexity index is 1340. The molecule has 5 N–H and O–H groups in total. The van der Waals surface area contributed by atoms with E-state index in [9.17, 15) is 19.6 Å². The van der Waals surface area contributed by atoms with Crippen LogP contribution in [0.3, 0.4) is 0 Å². The highest BCUT2D eigenvalue weighted by Crippen LogP contribution is 2.46. The van der Waals surface area contributed by atoms with Crippen LogP contribution in [-0.2, 0) is 23.4 Å². The van der Waals surface area contributed by atoms with Gasteiger partial charge in [0, 0.05) is 0 Å². The van der Waals surface area contributed by atoms with Gasteiger partial charge in [-0.15, -0.1) is 0 Å². The molecule has 0 amide bonds. The second-order valence-corrected chi connectivity index (χ2v) is 11.8. The maximum Gasteiger partial charge on any atom is 0.459 e. The fourth-order valence-corrected chi connectivity index (χ4v) is 5.73. The molecule has 0 radical (unpaired) electrons. The molecule has 0 saturated carbocycles. The molecule has 14 nitrogen and oxygen atoms in total. The predicted molar refractivity (Wildman–Crippen MR) is 144 cm³/mol. The van der Waals surface area contributed by atoms with Crippen molar-refractivity contribution < 1.29 is 38.1 Å². The van der Waals surface area contributed by atoms with Crippen molar-refractivity contribution in [3.05, 3.63) is 43.0 Å². The SMILES string of the molecule is CC(C)C[C@H](N[P@](=O)(OC[C@H]1O[C@@H](n2cnc3c(N)ncnc32)[C@@H](O)[C@@H]1O)Oc1ccccc1)C(=O)OC(C)C. The first-order valence-electron chi connectivity index (χ1n) is 12.9. The molecule has 3 aromatic rings. The number of aromatic nitrogens is 4. The molecule has 1 aliphatic heterocycles. The Hall–Kier alpha value is -3.13. The number of carbonyl (C=O) groups is 1. The predicted octanol–water partition coefficient (Wildman–Crippen LogP) is 2.19. The van der Waals surface area contributed by atoms with Crippen molar-refractivity contribution in [2.45, 2.75) is 70.8 Å². The van der Waals surface area contributed by atoms with E-state index in [0.29, 0.717) is 17.6 Å². The summed E-state index contributed by atoms with van der Waals surface area (Å²) in [7, 11) is -4.25. The van der Waals surface area contributed by atoms with E-state index in [1.165, 1.54) is 17.2 Å². The first-order chi connectivity index (χ1) is 19.0. The molecule has 1 aromatic carbocycles. The van der Waals surface area contributed by atoms with Crippen LogP contribution in [0.15, 0.2) is 43.0 Å². The summed E-state index contributed by atoms with van der Waals surface area (Å²) >= 11 is 0. The van der Waals surface area contributed by atoms with Crippen LogP contribution in [0.5, 0.6) is 5.75 Å². The molecular weight excluding hydrogens is 543 g/mol. The van der Waals surface area contributed by atoms with Crippen LogP contribution >= 0.6 is 7.75 Å². The summed E-state index contributed by atoms with van der Waals surface area (Å²) in [6.45, 7) is 6.79. The molecule has 0 bridgehead atoms. The fraction of sp³-hybridized carbons (Fsp3) is 0.520. The minimum Gasteiger partial charge on any atom is -0.462 e. The number of nitrogen functional groups attached to an aromatic ring is 1. The molecule has 4 rings (SSSR count). The Kier molecular flexibility index (Phi) is 9.39. The van der Waals surface area contributed by atoms with Crippen LogP contribution in [0.2, 0.25) is 0 Å². The Morgan fingerprint density at radius 1 is 1.15 bits per heavy atom. The lowest BCUT2D eigenvalue weighted by molar-refractivity contribution is -0.150. The molecule has 1 saturated heterocycles. The number of benzene rings is 1. The molecule has 1 fully saturated rings. The van der Waals surface area contributed by atoms with E-state index >= 15 is 0 Å². The monoisotopic (exact) mass is 578 g/mol. The molecule has 1 aliphatic rings. The Labute approximate surface area is 231 Å². The minimum absolute atomic E-state index is 0.0427. The number of para-hydroxylation sites is 1. The largest absolute Gasteiger partial charge is 0.462 e. The van der Waals surface area contributed by atoms with Crippen LogP contribution in [0.25, 0.3) is 11.2 Å². The summed E-state index contributed by atoms with van der Waals surface area (Å²) in [4.78, 5) is 25.0. The van der Waals surface area contributed by atoms with Crippen molar-refractivity contribution in [3.63, 3.8) is 0 Å². The highest BCUT2D eigenvalue weighted by Gasteiger charge is 2.46. The van der Waals surface area contributed by atoms with Crippen molar-refractivity contribution in [1.82, 2.24) is 24.6 Å². The van der Waals surface area contributed by atoms with E-state index in [4.69, 9.17) is 24.3 Å². The molecule has 0 aliphatic carbocycles. The van der Waals surface area contributed by atoms with Gasteiger partial charge in [0.25, 0.3) is 0 Å². The molecule has 0 spiro atoms. The van der Waals surface area contributed by atoms with Crippen LogP contribution < -0.4 is 15.3 Å². The summed E-state index contributed by atoms with van der Waals surface area (Å²) in [5.74, 6) is -0.188. The molecule has 15 heteroatoms. The normalized spacial score (nSPS) is 23.4. The summed E-state index contributed by atoms with van der Waals surface area (Å²) in [6.07, 6.45) is -2.55. The third-order valence-corrected chi connectivity index (χ3v) is 7.60. The summed E-state index contributed by atoms with van der Waals surface area (Å²) < 4.78 is 38.1. The molecule has 0 unspecified atom stereocenters. The Balaban J connectivity index is 1.54. The first-order valence-corrected chi connectivity index (χ1v) is 14.4. The number of fused-ring (bicyclic) bond motifs is 1. The van der Waals surface area contributed by atoms with E-state index in [1.807, 2.05) is 13.8 Å². The zero-order valence-electron chi connectivity index (χ0n) is 22.7. The van der Waals surface area contributed by atoms with Crippen molar-refractivity contribution in [2.24, 2.45) is 5.92 Å². The number of nitrogens with one attached hydrogen (secondary N) is 1. The number of hydrogen-bond donors (Lipinski definition) is 4. The highest BCUT2D eigenvalue weighted by molar-refractivity contribution is 7.52. The van der Waals surface area contributed by atoms with Gasteiger partial charge in [-0.3, -0.25) is 13.9 Å². The highest BCUT2D eigenvalue weighted by atomic mass is 31.2. The topological polar surface area (TPSA) is 193 Å². The van der Waals surface area contributed by atoms with Gasteiger partial charge in [0.2, 0.25) is 0 Å². The number of aliphatic hydroxyl groups excluding tert-OH is 2. The van der Waals surface area contributed by atoms with Crippen molar-refractivity contribution in [3.8, 4) is 5.75 Å². The van der Waals surface area contributed by atoms with Gasteiger partial charge in [-0.1, -0.05) is 32.0 Å². The molecule has 6 atom stereocenters. The molecule has 2 aromatic heterocycles. The average molecular weight is 579 g/mol. The van der Waals surface area contributed by atoms with Crippen LogP contribution in [0, 0.1) is 5.92 Å². The van der Waals surface area contributed by atoms with Gasteiger partial charge in [0.15, 0.2) is 17.7 Å². The lowest BCUT2D eigenvalue weighted by Crippen LogP contribution is -2.40. The number of nitrogens with zero attached hydrogens (tertiary/aromatic N) is 4. The third kappa shape index (κ3) is 6.95. The zero-order chi connectivity index (χ0) is 29.0. The van der Waals surface area contributed by atoms with Crippen LogP contribution in [0.4, 0.5) is 5.82 Å². The number of aliphatic hydroxyl groups is 2. The summed E-state index contributed by atoms with van der Waals surface area (Å²) in [6, 6.07) is 7.30.